The first-order chi connectivity index (χ1) is 11.6. The molecule has 0 radical (unpaired) electrons. The highest BCUT2D eigenvalue weighted by atomic mass is 16.2. The van der Waals surface area contributed by atoms with E-state index >= 15 is 0 Å². The molecule has 0 aliphatic rings. The van der Waals surface area contributed by atoms with Gasteiger partial charge in [-0.3, -0.25) is 14.4 Å². The van der Waals surface area contributed by atoms with Crippen LogP contribution in [0.15, 0.2) is 4.79 Å². The van der Waals surface area contributed by atoms with Crippen LogP contribution in [0.4, 0.5) is 0 Å². The summed E-state index contributed by atoms with van der Waals surface area (Å²) in [6.45, 7) is 13.1. The predicted octanol–water partition coefficient (Wildman–Crippen LogP) is 1.75. The Morgan fingerprint density at radius 2 is 1.80 bits per heavy atom. The Labute approximate surface area is 149 Å². The molecular formula is C18H30N4O3. The van der Waals surface area contributed by atoms with E-state index in [1.54, 1.807) is 11.8 Å². The van der Waals surface area contributed by atoms with E-state index in [-0.39, 0.29) is 16.9 Å². The van der Waals surface area contributed by atoms with Crippen LogP contribution in [0.1, 0.15) is 69.3 Å². The molecule has 25 heavy (non-hydrogen) atoms. The SMILES string of the molecule is CCN(CC)C(=O)CCCNC(=O)c1c(C)nc(C(C)(C)C)[nH]c1=O. The van der Waals surface area contributed by atoms with Crippen molar-refractivity contribution < 1.29 is 9.59 Å². The van der Waals surface area contributed by atoms with E-state index in [2.05, 4.69) is 15.3 Å². The Morgan fingerprint density at radius 3 is 2.28 bits per heavy atom. The molecule has 0 aromatic carbocycles. The smallest absolute Gasteiger partial charge is 0.264 e. The lowest BCUT2D eigenvalue weighted by Gasteiger charge is -2.19. The van der Waals surface area contributed by atoms with Gasteiger partial charge in [-0.25, -0.2) is 4.98 Å². The Balaban J connectivity index is 2.67. The van der Waals surface area contributed by atoms with Gasteiger partial charge in [0.05, 0.1) is 5.69 Å². The fourth-order valence-electron chi connectivity index (χ4n) is 2.47. The Kier molecular flexibility index (Phi) is 7.33. The molecule has 0 bridgehead atoms. The lowest BCUT2D eigenvalue weighted by Crippen LogP contribution is -2.35. The van der Waals surface area contributed by atoms with Gasteiger partial charge in [-0.2, -0.15) is 0 Å². The minimum atomic E-state index is -0.456. The fourth-order valence-corrected chi connectivity index (χ4v) is 2.47. The van der Waals surface area contributed by atoms with Gasteiger partial charge in [-0.15, -0.1) is 0 Å². The number of hydrogen-bond acceptors (Lipinski definition) is 4. The molecule has 1 aromatic heterocycles. The third-order valence-corrected chi connectivity index (χ3v) is 4.01. The zero-order valence-electron chi connectivity index (χ0n) is 16.2. The summed E-state index contributed by atoms with van der Waals surface area (Å²) >= 11 is 0. The number of carbonyl (C=O) groups is 2. The van der Waals surface area contributed by atoms with Crippen LogP contribution < -0.4 is 10.9 Å². The second kappa shape index (κ2) is 8.78. The van der Waals surface area contributed by atoms with Crippen molar-refractivity contribution in [3.8, 4) is 0 Å². The molecule has 1 rings (SSSR count). The summed E-state index contributed by atoms with van der Waals surface area (Å²) < 4.78 is 0. The summed E-state index contributed by atoms with van der Waals surface area (Å²) in [5.41, 5.74) is -0.299. The van der Waals surface area contributed by atoms with Crippen LogP contribution in [0.25, 0.3) is 0 Å². The summed E-state index contributed by atoms with van der Waals surface area (Å²) in [6.07, 6.45) is 0.907. The number of rotatable bonds is 7. The number of hydrogen-bond donors (Lipinski definition) is 2. The summed E-state index contributed by atoms with van der Waals surface area (Å²) in [5.74, 6) is 0.169. The first-order valence-electron chi connectivity index (χ1n) is 8.79. The van der Waals surface area contributed by atoms with Crippen molar-refractivity contribution in [2.24, 2.45) is 0 Å². The minimum Gasteiger partial charge on any atom is -0.352 e. The van der Waals surface area contributed by atoms with E-state index in [0.29, 0.717) is 44.0 Å². The van der Waals surface area contributed by atoms with Crippen molar-refractivity contribution in [1.29, 1.82) is 0 Å². The number of carbonyl (C=O) groups excluding carboxylic acids is 2. The standard InChI is InChI=1S/C18H30N4O3/c1-7-22(8-2)13(23)10-9-11-19-15(24)14-12(3)20-17(18(4,5)6)21-16(14)25/h7-11H2,1-6H3,(H,19,24)(H,20,21,25). The summed E-state index contributed by atoms with van der Waals surface area (Å²) in [4.78, 5) is 45.2. The van der Waals surface area contributed by atoms with Gasteiger partial charge in [-0.1, -0.05) is 20.8 Å². The second-order valence-electron chi connectivity index (χ2n) is 7.05. The van der Waals surface area contributed by atoms with Gasteiger partial charge < -0.3 is 15.2 Å². The quantitative estimate of drug-likeness (QED) is 0.733. The van der Waals surface area contributed by atoms with E-state index in [1.165, 1.54) is 0 Å². The molecule has 0 atom stereocenters. The van der Waals surface area contributed by atoms with Gasteiger partial charge in [0.2, 0.25) is 5.91 Å². The molecule has 0 aliphatic carbocycles. The average molecular weight is 350 g/mol. The summed E-state index contributed by atoms with van der Waals surface area (Å²) in [6, 6.07) is 0. The highest BCUT2D eigenvalue weighted by Gasteiger charge is 2.22. The van der Waals surface area contributed by atoms with E-state index in [1.807, 2.05) is 34.6 Å². The van der Waals surface area contributed by atoms with Crippen LogP contribution in [-0.4, -0.2) is 46.3 Å². The minimum absolute atomic E-state index is 0.0306. The number of aromatic nitrogens is 2. The molecule has 140 valence electrons. The normalized spacial score (nSPS) is 11.3. The Hall–Kier alpha value is -2.18. The van der Waals surface area contributed by atoms with Crippen LogP contribution in [0.3, 0.4) is 0 Å². The van der Waals surface area contributed by atoms with Crippen molar-refractivity contribution in [1.82, 2.24) is 20.2 Å². The van der Waals surface area contributed by atoms with Gasteiger partial charge >= 0.3 is 0 Å². The Morgan fingerprint density at radius 1 is 1.20 bits per heavy atom. The number of nitrogens with one attached hydrogen (secondary N) is 2. The van der Waals surface area contributed by atoms with Crippen LogP contribution in [0, 0.1) is 6.92 Å². The molecule has 7 heteroatoms. The Bertz CT molecular complexity index is 670. The highest BCUT2D eigenvalue weighted by Crippen LogP contribution is 2.17. The molecule has 0 saturated carbocycles. The predicted molar refractivity (Wildman–Crippen MR) is 97.8 cm³/mol. The van der Waals surface area contributed by atoms with E-state index in [4.69, 9.17) is 0 Å². The maximum atomic E-state index is 12.3. The number of amides is 2. The van der Waals surface area contributed by atoms with Crippen molar-refractivity contribution in [3.05, 3.63) is 27.4 Å². The number of aromatic amines is 1. The molecule has 2 amide bonds. The van der Waals surface area contributed by atoms with Gasteiger partial charge in [0.1, 0.15) is 11.4 Å². The topological polar surface area (TPSA) is 95.2 Å². The highest BCUT2D eigenvalue weighted by molar-refractivity contribution is 5.94. The third-order valence-electron chi connectivity index (χ3n) is 4.01. The fraction of sp³-hybridized carbons (Fsp3) is 0.667. The number of H-pyrrole nitrogens is 1. The van der Waals surface area contributed by atoms with Gasteiger partial charge in [-0.05, 0) is 27.2 Å². The van der Waals surface area contributed by atoms with Crippen LogP contribution >= 0.6 is 0 Å². The first kappa shape index (κ1) is 20.9. The molecule has 1 heterocycles. The average Bonchev–Trinajstić information content (AvgIpc) is 2.51. The maximum absolute atomic E-state index is 12.3. The lowest BCUT2D eigenvalue weighted by molar-refractivity contribution is -0.130. The molecule has 0 saturated heterocycles. The lowest BCUT2D eigenvalue weighted by atomic mass is 9.95. The summed E-state index contributed by atoms with van der Waals surface area (Å²) in [7, 11) is 0. The zero-order valence-corrected chi connectivity index (χ0v) is 16.2. The van der Waals surface area contributed by atoms with Gasteiger partial charge in [0, 0.05) is 31.5 Å². The van der Waals surface area contributed by atoms with Crippen LogP contribution in [-0.2, 0) is 10.2 Å². The molecule has 1 aromatic rings. The molecule has 7 nitrogen and oxygen atoms in total. The molecule has 0 unspecified atom stereocenters. The van der Waals surface area contributed by atoms with E-state index in [0.717, 1.165) is 0 Å². The number of nitrogens with zero attached hydrogens (tertiary/aromatic N) is 2. The molecular weight excluding hydrogens is 320 g/mol. The third kappa shape index (κ3) is 5.69. The van der Waals surface area contributed by atoms with Gasteiger partial charge in [0.25, 0.3) is 11.5 Å². The molecule has 0 fully saturated rings. The van der Waals surface area contributed by atoms with Crippen molar-refractivity contribution in [3.63, 3.8) is 0 Å². The van der Waals surface area contributed by atoms with Crippen molar-refractivity contribution in [2.75, 3.05) is 19.6 Å². The monoisotopic (exact) mass is 350 g/mol. The number of aryl methyl sites for hydroxylation is 1. The summed E-state index contributed by atoms with van der Waals surface area (Å²) in [5, 5.41) is 2.70. The molecule has 0 aliphatic heterocycles. The van der Waals surface area contributed by atoms with Gasteiger partial charge in [0.15, 0.2) is 0 Å². The molecule has 2 N–H and O–H groups in total. The zero-order chi connectivity index (χ0) is 19.2. The maximum Gasteiger partial charge on any atom is 0.264 e. The molecule has 0 spiro atoms. The van der Waals surface area contributed by atoms with E-state index < -0.39 is 11.5 Å². The van der Waals surface area contributed by atoms with Crippen molar-refractivity contribution >= 4 is 11.8 Å². The van der Waals surface area contributed by atoms with Crippen molar-refractivity contribution in [2.45, 2.75) is 59.8 Å². The largest absolute Gasteiger partial charge is 0.352 e. The van der Waals surface area contributed by atoms with Crippen LogP contribution in [0.2, 0.25) is 0 Å². The van der Waals surface area contributed by atoms with Crippen LogP contribution in [0.5, 0.6) is 0 Å². The second-order valence-corrected chi connectivity index (χ2v) is 7.05. The first-order valence-corrected chi connectivity index (χ1v) is 8.79. The van der Waals surface area contributed by atoms with E-state index in [9.17, 15) is 14.4 Å².